The summed E-state index contributed by atoms with van der Waals surface area (Å²) in [5.74, 6) is 0. The highest BCUT2D eigenvalue weighted by atomic mass is 15.0. The molecule has 0 aromatic carbocycles. The van der Waals surface area contributed by atoms with Gasteiger partial charge in [-0.1, -0.05) is 0 Å². The molecule has 14 heavy (non-hydrogen) atoms. The van der Waals surface area contributed by atoms with E-state index in [-0.39, 0.29) is 0 Å². The molecule has 0 fully saturated rings. The lowest BCUT2D eigenvalue weighted by molar-refractivity contribution is 0.873. The van der Waals surface area contributed by atoms with Crippen LogP contribution >= 0.6 is 0 Å². The van der Waals surface area contributed by atoms with Crippen molar-refractivity contribution in [3.05, 3.63) is 36.4 Å². The van der Waals surface area contributed by atoms with Crippen molar-refractivity contribution < 1.29 is 0 Å². The Balaban J connectivity index is 0.000000140. The summed E-state index contributed by atoms with van der Waals surface area (Å²) in [6, 6.07) is 0. The van der Waals surface area contributed by atoms with E-state index in [1.54, 1.807) is 12.7 Å². The SMILES string of the molecule is Cc1cn(C)cn1.Cc1cncn1C. The van der Waals surface area contributed by atoms with Gasteiger partial charge in [-0.25, -0.2) is 9.97 Å². The van der Waals surface area contributed by atoms with Gasteiger partial charge in [0.05, 0.1) is 18.3 Å². The number of hydrogen-bond acceptors (Lipinski definition) is 2. The summed E-state index contributed by atoms with van der Waals surface area (Å²) in [5.41, 5.74) is 2.27. The summed E-state index contributed by atoms with van der Waals surface area (Å²) in [5, 5.41) is 0. The summed E-state index contributed by atoms with van der Waals surface area (Å²) >= 11 is 0. The maximum absolute atomic E-state index is 3.98. The molecule has 0 saturated heterocycles. The quantitative estimate of drug-likeness (QED) is 0.633. The first-order chi connectivity index (χ1) is 6.59. The van der Waals surface area contributed by atoms with Crippen LogP contribution in [0.2, 0.25) is 0 Å². The van der Waals surface area contributed by atoms with E-state index in [0.29, 0.717) is 0 Å². The Morgan fingerprint density at radius 2 is 1.86 bits per heavy atom. The fraction of sp³-hybridized carbons (Fsp3) is 0.400. The molecular formula is C10H16N4. The second kappa shape index (κ2) is 4.60. The van der Waals surface area contributed by atoms with Gasteiger partial charge in [0.15, 0.2) is 0 Å². The highest BCUT2D eigenvalue weighted by Crippen LogP contribution is 1.89. The van der Waals surface area contributed by atoms with Crippen molar-refractivity contribution in [2.75, 3.05) is 0 Å². The van der Waals surface area contributed by atoms with E-state index >= 15 is 0 Å². The van der Waals surface area contributed by atoms with E-state index in [0.717, 1.165) is 5.69 Å². The summed E-state index contributed by atoms with van der Waals surface area (Å²) in [7, 11) is 3.93. The van der Waals surface area contributed by atoms with Crippen LogP contribution in [0.15, 0.2) is 25.0 Å². The molecule has 2 rings (SSSR count). The van der Waals surface area contributed by atoms with Crippen molar-refractivity contribution in [1.82, 2.24) is 19.1 Å². The topological polar surface area (TPSA) is 35.6 Å². The number of aryl methyl sites for hydroxylation is 4. The molecule has 76 valence electrons. The van der Waals surface area contributed by atoms with Crippen LogP contribution in [0.25, 0.3) is 0 Å². The van der Waals surface area contributed by atoms with Gasteiger partial charge in [-0.05, 0) is 13.8 Å². The molecule has 0 aliphatic heterocycles. The van der Waals surface area contributed by atoms with Crippen LogP contribution in [0.5, 0.6) is 0 Å². The molecule has 0 aliphatic rings. The molecule has 0 N–H and O–H groups in total. The zero-order chi connectivity index (χ0) is 10.6. The first kappa shape index (κ1) is 10.5. The molecule has 0 radical (unpaired) electrons. The second-order valence-electron chi connectivity index (χ2n) is 3.33. The van der Waals surface area contributed by atoms with Gasteiger partial charge in [-0.15, -0.1) is 0 Å². The Morgan fingerprint density at radius 3 is 2.00 bits per heavy atom. The first-order valence-corrected chi connectivity index (χ1v) is 4.47. The average molecular weight is 192 g/mol. The Kier molecular flexibility index (Phi) is 3.45. The summed E-state index contributed by atoms with van der Waals surface area (Å²) < 4.78 is 3.90. The molecule has 0 amide bonds. The van der Waals surface area contributed by atoms with Crippen LogP contribution < -0.4 is 0 Å². The molecule has 2 aromatic rings. The van der Waals surface area contributed by atoms with E-state index in [1.807, 2.05) is 49.5 Å². The van der Waals surface area contributed by atoms with E-state index in [2.05, 4.69) is 9.97 Å². The maximum Gasteiger partial charge on any atom is 0.0946 e. The minimum absolute atomic E-state index is 1.07. The highest BCUT2D eigenvalue weighted by Gasteiger charge is 1.83. The normalized spacial score (nSPS) is 9.43. The zero-order valence-electron chi connectivity index (χ0n) is 9.10. The summed E-state index contributed by atoms with van der Waals surface area (Å²) in [4.78, 5) is 7.86. The van der Waals surface area contributed by atoms with Gasteiger partial charge in [0.2, 0.25) is 0 Å². The van der Waals surface area contributed by atoms with Crippen molar-refractivity contribution in [1.29, 1.82) is 0 Å². The second-order valence-corrected chi connectivity index (χ2v) is 3.33. The number of nitrogens with zero attached hydrogens (tertiary/aromatic N) is 4. The zero-order valence-corrected chi connectivity index (χ0v) is 9.10. The molecule has 0 saturated carbocycles. The van der Waals surface area contributed by atoms with Gasteiger partial charge in [0.1, 0.15) is 0 Å². The third-order valence-electron chi connectivity index (χ3n) is 1.89. The molecule has 0 unspecified atom stereocenters. The van der Waals surface area contributed by atoms with E-state index in [1.165, 1.54) is 5.69 Å². The van der Waals surface area contributed by atoms with Crippen LogP contribution in [0.4, 0.5) is 0 Å². The standard InChI is InChI=1S/2C5H8N2/c1-5-3-7(2)4-6-5;1-5-3-6-4-7(5)2/h2*3-4H,1-2H3. The van der Waals surface area contributed by atoms with E-state index < -0.39 is 0 Å². The van der Waals surface area contributed by atoms with Crippen LogP contribution in [0, 0.1) is 13.8 Å². The largest absolute Gasteiger partial charge is 0.340 e. The predicted octanol–water partition coefficient (Wildman–Crippen LogP) is 1.46. The van der Waals surface area contributed by atoms with E-state index in [4.69, 9.17) is 0 Å². The third kappa shape index (κ3) is 3.05. The monoisotopic (exact) mass is 192 g/mol. The van der Waals surface area contributed by atoms with Gasteiger partial charge in [0.25, 0.3) is 0 Å². The Bertz CT molecular complexity index is 353. The molecule has 0 bridgehead atoms. The first-order valence-electron chi connectivity index (χ1n) is 4.47. The fourth-order valence-electron chi connectivity index (χ4n) is 0.967. The van der Waals surface area contributed by atoms with Gasteiger partial charge in [0, 0.05) is 32.2 Å². The minimum Gasteiger partial charge on any atom is -0.340 e. The average Bonchev–Trinajstić information content (AvgIpc) is 2.65. The number of aromatic nitrogens is 4. The molecule has 0 spiro atoms. The lowest BCUT2D eigenvalue weighted by Gasteiger charge is -1.87. The molecule has 4 nitrogen and oxygen atoms in total. The van der Waals surface area contributed by atoms with Crippen LogP contribution in [-0.2, 0) is 14.1 Å². The van der Waals surface area contributed by atoms with Gasteiger partial charge >= 0.3 is 0 Å². The lowest BCUT2D eigenvalue weighted by atomic mass is 10.5. The van der Waals surface area contributed by atoms with Crippen molar-refractivity contribution >= 4 is 0 Å². The van der Waals surface area contributed by atoms with E-state index in [9.17, 15) is 0 Å². The van der Waals surface area contributed by atoms with Gasteiger partial charge in [-0.3, -0.25) is 0 Å². The van der Waals surface area contributed by atoms with Crippen molar-refractivity contribution in [3.8, 4) is 0 Å². The number of rotatable bonds is 0. The predicted molar refractivity (Wildman–Crippen MR) is 55.9 cm³/mol. The van der Waals surface area contributed by atoms with Crippen molar-refractivity contribution in [2.45, 2.75) is 13.8 Å². The Labute approximate surface area is 84.2 Å². The van der Waals surface area contributed by atoms with Gasteiger partial charge < -0.3 is 9.13 Å². The van der Waals surface area contributed by atoms with Crippen molar-refractivity contribution in [2.24, 2.45) is 14.1 Å². The molecule has 4 heteroatoms. The lowest BCUT2D eigenvalue weighted by Crippen LogP contribution is -1.84. The molecule has 2 aromatic heterocycles. The fourth-order valence-corrected chi connectivity index (χ4v) is 0.967. The minimum atomic E-state index is 1.07. The van der Waals surface area contributed by atoms with Crippen molar-refractivity contribution in [3.63, 3.8) is 0 Å². The van der Waals surface area contributed by atoms with Crippen LogP contribution in [0.1, 0.15) is 11.4 Å². The highest BCUT2D eigenvalue weighted by molar-refractivity contribution is 4.92. The maximum atomic E-state index is 3.98. The van der Waals surface area contributed by atoms with Crippen LogP contribution in [-0.4, -0.2) is 19.1 Å². The molecular weight excluding hydrogens is 176 g/mol. The smallest absolute Gasteiger partial charge is 0.0946 e. The number of imidazole rings is 2. The molecule has 0 aliphatic carbocycles. The molecule has 0 atom stereocenters. The third-order valence-corrected chi connectivity index (χ3v) is 1.89. The Hall–Kier alpha value is -1.58. The summed E-state index contributed by atoms with van der Waals surface area (Å²) in [6.07, 6.45) is 7.38. The van der Waals surface area contributed by atoms with Gasteiger partial charge in [-0.2, -0.15) is 0 Å². The molecule has 2 heterocycles. The number of hydrogen-bond donors (Lipinski definition) is 0. The Morgan fingerprint density at radius 1 is 1.14 bits per heavy atom. The van der Waals surface area contributed by atoms with Crippen LogP contribution in [0.3, 0.4) is 0 Å². The summed E-state index contributed by atoms with van der Waals surface area (Å²) in [6.45, 7) is 3.99.